The van der Waals surface area contributed by atoms with Crippen LogP contribution < -0.4 is 0 Å². The molecular formula is C51H34O. The molecule has 6 aliphatic carbocycles. The zero-order chi connectivity index (χ0) is 34.2. The van der Waals surface area contributed by atoms with Crippen molar-refractivity contribution in [1.82, 2.24) is 0 Å². The molecule has 0 fully saturated rings. The molecule has 6 aliphatic rings. The van der Waals surface area contributed by atoms with E-state index in [2.05, 4.69) is 164 Å². The molecule has 0 aromatic heterocycles. The third-order valence-electron chi connectivity index (χ3n) is 13.2. The predicted octanol–water partition coefficient (Wildman–Crippen LogP) is 11.7. The van der Waals surface area contributed by atoms with E-state index in [-0.39, 0.29) is 17.1 Å². The second-order valence-electron chi connectivity index (χ2n) is 15.2. The molecule has 244 valence electrons. The number of hydrogen-bond acceptors (Lipinski definition) is 1. The van der Waals surface area contributed by atoms with Crippen LogP contribution in [0.25, 0.3) is 27.8 Å². The van der Waals surface area contributed by atoms with E-state index in [0.29, 0.717) is 0 Å². The molecule has 0 radical (unpaired) electrons. The average molecular weight is 663 g/mol. The summed E-state index contributed by atoms with van der Waals surface area (Å²) < 4.78 is 0. The Morgan fingerprint density at radius 3 is 1.79 bits per heavy atom. The van der Waals surface area contributed by atoms with Gasteiger partial charge >= 0.3 is 0 Å². The first kappa shape index (κ1) is 28.6. The van der Waals surface area contributed by atoms with Gasteiger partial charge in [-0.25, -0.2) is 0 Å². The standard InChI is InChI=1S/C51H34O/c52-49(31-25-27-39-37-17-5-11-23-45(37)50(47(39)29-31)41-19-7-1-13-33(41)34-14-2-8-20-42(34)50)32-26-28-40-38-18-6-12-24-46(38)51(48(40)30-32)43-21-9-3-15-35(43)36-16-4-10-22-44(36)51/h1-9,11-21,23-27,29-30,40H,10,22,28H2. The molecule has 2 unspecified atom stereocenters. The molecule has 52 heavy (non-hydrogen) atoms. The molecule has 0 amide bonds. The lowest BCUT2D eigenvalue weighted by Crippen LogP contribution is -2.29. The molecule has 6 aromatic rings. The fourth-order valence-corrected chi connectivity index (χ4v) is 11.4. The van der Waals surface area contributed by atoms with Crippen molar-refractivity contribution in [3.05, 3.63) is 231 Å². The Labute approximate surface area is 304 Å². The van der Waals surface area contributed by atoms with Crippen LogP contribution in [0.15, 0.2) is 181 Å². The highest BCUT2D eigenvalue weighted by Gasteiger charge is 2.56. The van der Waals surface area contributed by atoms with E-state index in [4.69, 9.17) is 0 Å². The first-order valence-corrected chi connectivity index (χ1v) is 18.7. The normalized spacial score (nSPS) is 21.4. The fourth-order valence-electron chi connectivity index (χ4n) is 11.4. The van der Waals surface area contributed by atoms with Crippen molar-refractivity contribution < 1.29 is 4.79 Å². The van der Waals surface area contributed by atoms with Crippen LogP contribution in [-0.2, 0) is 10.8 Å². The van der Waals surface area contributed by atoms with Crippen LogP contribution in [0.5, 0.6) is 0 Å². The van der Waals surface area contributed by atoms with E-state index in [0.717, 1.165) is 30.4 Å². The van der Waals surface area contributed by atoms with Gasteiger partial charge in [0.1, 0.15) is 0 Å². The number of carbonyl (C=O) groups excluding carboxylic acids is 1. The van der Waals surface area contributed by atoms with Gasteiger partial charge in [0.2, 0.25) is 0 Å². The van der Waals surface area contributed by atoms with E-state index >= 15 is 4.79 Å². The number of Topliss-reactive ketones (excluding diaryl/α,β-unsaturated/α-hetero) is 1. The minimum absolute atomic E-state index is 0.106. The second-order valence-corrected chi connectivity index (χ2v) is 15.2. The molecule has 0 bridgehead atoms. The average Bonchev–Trinajstić information content (AvgIpc) is 3.89. The maximum absolute atomic E-state index is 15.0. The maximum Gasteiger partial charge on any atom is 0.192 e. The Hall–Kier alpha value is -6.05. The molecule has 1 nitrogen and oxygen atoms in total. The quantitative estimate of drug-likeness (QED) is 0.168. The zero-order valence-corrected chi connectivity index (χ0v) is 28.7. The van der Waals surface area contributed by atoms with Crippen molar-refractivity contribution in [2.24, 2.45) is 0 Å². The number of benzene rings is 6. The minimum atomic E-state index is -0.470. The Morgan fingerprint density at radius 1 is 0.558 bits per heavy atom. The molecule has 0 N–H and O–H groups in total. The summed E-state index contributed by atoms with van der Waals surface area (Å²) in [6.45, 7) is 0. The van der Waals surface area contributed by atoms with Gasteiger partial charge in [-0.15, -0.1) is 0 Å². The summed E-state index contributed by atoms with van der Waals surface area (Å²) in [5.41, 5.74) is 20.6. The molecular weight excluding hydrogens is 629 g/mol. The summed E-state index contributed by atoms with van der Waals surface area (Å²) in [5, 5.41) is 0. The van der Waals surface area contributed by atoms with Gasteiger partial charge in [0.15, 0.2) is 5.78 Å². The Kier molecular flexibility index (Phi) is 5.53. The topological polar surface area (TPSA) is 17.1 Å². The Balaban J connectivity index is 1.05. The molecule has 6 aromatic carbocycles. The molecule has 2 atom stereocenters. The van der Waals surface area contributed by atoms with E-state index < -0.39 is 5.41 Å². The van der Waals surface area contributed by atoms with Crippen molar-refractivity contribution >= 4 is 11.4 Å². The molecule has 0 saturated heterocycles. The summed E-state index contributed by atoms with van der Waals surface area (Å²) in [7, 11) is 0. The van der Waals surface area contributed by atoms with Crippen LogP contribution in [0, 0.1) is 0 Å². The molecule has 1 heteroatoms. The van der Waals surface area contributed by atoms with Crippen LogP contribution >= 0.6 is 0 Å². The lowest BCUT2D eigenvalue weighted by Gasteiger charge is -2.36. The number of rotatable bonds is 2. The van der Waals surface area contributed by atoms with Crippen molar-refractivity contribution in [3.8, 4) is 22.3 Å². The molecule has 0 saturated carbocycles. The van der Waals surface area contributed by atoms with Crippen molar-refractivity contribution in [2.75, 3.05) is 0 Å². The summed E-state index contributed by atoms with van der Waals surface area (Å²) in [5.74, 6) is 0.359. The van der Waals surface area contributed by atoms with Gasteiger partial charge < -0.3 is 0 Å². The van der Waals surface area contributed by atoms with Gasteiger partial charge in [-0.2, -0.15) is 0 Å². The van der Waals surface area contributed by atoms with Crippen molar-refractivity contribution in [1.29, 1.82) is 0 Å². The minimum Gasteiger partial charge on any atom is -0.289 e. The Morgan fingerprint density at radius 2 is 1.12 bits per heavy atom. The Bertz CT molecular complexity index is 2680. The highest BCUT2D eigenvalue weighted by molar-refractivity contribution is 6.12. The summed E-state index contributed by atoms with van der Waals surface area (Å²) in [4.78, 5) is 15.0. The lowest BCUT2D eigenvalue weighted by atomic mass is 9.66. The predicted molar refractivity (Wildman–Crippen MR) is 210 cm³/mol. The molecule has 12 rings (SSSR count). The smallest absolute Gasteiger partial charge is 0.192 e. The van der Waals surface area contributed by atoms with E-state index in [9.17, 15) is 0 Å². The van der Waals surface area contributed by atoms with Gasteiger partial charge in [-0.05, 0) is 115 Å². The van der Waals surface area contributed by atoms with Crippen LogP contribution in [0.1, 0.15) is 80.0 Å². The number of carbonyl (C=O) groups is 1. The van der Waals surface area contributed by atoms with Crippen LogP contribution in [0.3, 0.4) is 0 Å². The highest BCUT2D eigenvalue weighted by atomic mass is 16.1. The monoisotopic (exact) mass is 662 g/mol. The lowest BCUT2D eigenvalue weighted by molar-refractivity contribution is 0.103. The number of ketones is 1. The molecule has 2 spiro atoms. The molecule has 0 aliphatic heterocycles. The summed E-state index contributed by atoms with van der Waals surface area (Å²) >= 11 is 0. The third-order valence-corrected chi connectivity index (χ3v) is 13.2. The zero-order valence-electron chi connectivity index (χ0n) is 28.7. The first-order valence-electron chi connectivity index (χ1n) is 18.7. The number of hydrogen-bond donors (Lipinski definition) is 0. The van der Waals surface area contributed by atoms with Gasteiger partial charge in [0.25, 0.3) is 0 Å². The number of fused-ring (bicyclic) bond motifs is 19. The first-order chi connectivity index (χ1) is 25.7. The summed E-state index contributed by atoms with van der Waals surface area (Å²) in [6, 6.07) is 51.2. The van der Waals surface area contributed by atoms with Crippen LogP contribution in [0.4, 0.5) is 0 Å². The fraction of sp³-hybridized carbons (Fsp3) is 0.118. The van der Waals surface area contributed by atoms with Gasteiger partial charge in [-0.1, -0.05) is 152 Å². The second kappa shape index (κ2) is 10.0. The van der Waals surface area contributed by atoms with Crippen LogP contribution in [-0.4, -0.2) is 5.78 Å². The van der Waals surface area contributed by atoms with Gasteiger partial charge in [0, 0.05) is 17.1 Å². The van der Waals surface area contributed by atoms with Crippen molar-refractivity contribution in [3.63, 3.8) is 0 Å². The van der Waals surface area contributed by atoms with Crippen molar-refractivity contribution in [2.45, 2.75) is 36.0 Å². The van der Waals surface area contributed by atoms with Gasteiger partial charge in [-0.3, -0.25) is 4.79 Å². The molecule has 0 heterocycles. The summed E-state index contributed by atoms with van der Waals surface area (Å²) in [6.07, 6.45) is 12.1. The van der Waals surface area contributed by atoms with Crippen LogP contribution in [0.2, 0.25) is 0 Å². The van der Waals surface area contributed by atoms with E-state index in [1.165, 1.54) is 83.5 Å². The largest absolute Gasteiger partial charge is 0.289 e. The van der Waals surface area contributed by atoms with Gasteiger partial charge in [0.05, 0.1) is 10.8 Å². The number of allylic oxidation sites excluding steroid dienone is 8. The highest BCUT2D eigenvalue weighted by Crippen LogP contribution is 2.66. The van der Waals surface area contributed by atoms with E-state index in [1.54, 1.807) is 0 Å². The maximum atomic E-state index is 15.0. The van der Waals surface area contributed by atoms with E-state index in [1.807, 2.05) is 0 Å². The third kappa shape index (κ3) is 3.25. The SMILES string of the molecule is O=C(C1=CCC2C(=C1)C1(C3=C(C=CCC3)c3ccccc31)c1ccccc12)c1ccc2c(c1)C1(c3ccccc3-c3ccccc31)c1ccccc1-2.